The molecule has 3 N–H and O–H groups in total. The molecule has 5 nitrogen and oxygen atoms in total. The molecule has 1 amide bonds. The number of carbonyl (C=O) groups excluding carboxylic acids is 1. The second kappa shape index (κ2) is 6.96. The molecule has 0 aliphatic carbocycles. The van der Waals surface area contributed by atoms with Crippen LogP contribution in [0.2, 0.25) is 0 Å². The van der Waals surface area contributed by atoms with Crippen molar-refractivity contribution in [3.8, 4) is 0 Å². The Balaban J connectivity index is 2.21. The molecule has 0 aliphatic heterocycles. The van der Waals surface area contributed by atoms with E-state index in [1.165, 1.54) is 0 Å². The lowest BCUT2D eigenvalue weighted by atomic mass is 10.0. The number of aromatic amines is 1. The molecule has 2 unspecified atom stereocenters. The van der Waals surface area contributed by atoms with Crippen LogP contribution in [0.3, 0.4) is 0 Å². The lowest BCUT2D eigenvalue weighted by Gasteiger charge is -2.17. The van der Waals surface area contributed by atoms with E-state index in [1.807, 2.05) is 25.1 Å². The number of benzene rings is 1. The minimum absolute atomic E-state index is 0.195. The quantitative estimate of drug-likeness (QED) is 0.734. The maximum atomic E-state index is 11.9. The lowest BCUT2D eigenvalue weighted by molar-refractivity contribution is -0.142. The normalized spacial score (nSPS) is 13.8. The first-order valence-corrected chi connectivity index (χ1v) is 8.00. The molecule has 0 fully saturated rings. The van der Waals surface area contributed by atoms with Crippen molar-refractivity contribution in [1.29, 1.82) is 0 Å². The molecule has 2 aromatic rings. The first-order chi connectivity index (χ1) is 10.4. The number of hydrogen-bond acceptors (Lipinski definition) is 2. The molecule has 6 heteroatoms. The number of carbonyl (C=O) groups is 2. The van der Waals surface area contributed by atoms with Crippen molar-refractivity contribution in [2.75, 3.05) is 0 Å². The summed E-state index contributed by atoms with van der Waals surface area (Å²) >= 11 is 3.42. The number of aromatic nitrogens is 1. The van der Waals surface area contributed by atoms with Gasteiger partial charge >= 0.3 is 5.97 Å². The molecular formula is C16H19BrN2O3. The molecule has 22 heavy (non-hydrogen) atoms. The molecule has 118 valence electrons. The zero-order valence-electron chi connectivity index (χ0n) is 12.5. The monoisotopic (exact) mass is 366 g/mol. The molecule has 0 saturated carbocycles. The molecule has 0 bridgehead atoms. The number of carboxylic acids is 1. The zero-order valence-corrected chi connectivity index (χ0v) is 14.1. The predicted octanol–water partition coefficient (Wildman–Crippen LogP) is 3.09. The lowest BCUT2D eigenvalue weighted by Crippen LogP contribution is -2.44. The highest BCUT2D eigenvalue weighted by Crippen LogP contribution is 2.23. The van der Waals surface area contributed by atoms with Crippen molar-refractivity contribution in [3.63, 3.8) is 0 Å². The summed E-state index contributed by atoms with van der Waals surface area (Å²) in [6.07, 6.45) is 2.72. The number of rotatable bonds is 6. The van der Waals surface area contributed by atoms with Gasteiger partial charge in [-0.2, -0.15) is 0 Å². The maximum Gasteiger partial charge on any atom is 0.326 e. The number of fused-ring (bicyclic) bond motifs is 1. The van der Waals surface area contributed by atoms with Crippen LogP contribution in [0.1, 0.15) is 25.8 Å². The Morgan fingerprint density at radius 1 is 1.41 bits per heavy atom. The van der Waals surface area contributed by atoms with E-state index in [0.717, 1.165) is 20.9 Å². The van der Waals surface area contributed by atoms with Gasteiger partial charge in [-0.3, -0.25) is 4.79 Å². The van der Waals surface area contributed by atoms with Gasteiger partial charge in [-0.15, -0.1) is 0 Å². The summed E-state index contributed by atoms with van der Waals surface area (Å²) in [5.41, 5.74) is 1.81. The fourth-order valence-electron chi connectivity index (χ4n) is 2.24. The van der Waals surface area contributed by atoms with Crippen molar-refractivity contribution in [3.05, 3.63) is 34.4 Å². The van der Waals surface area contributed by atoms with Crippen molar-refractivity contribution >= 4 is 38.7 Å². The second-order valence-electron chi connectivity index (χ2n) is 5.42. The van der Waals surface area contributed by atoms with E-state index >= 15 is 0 Å². The number of carboxylic acid groups (broad SMARTS) is 1. The average molecular weight is 367 g/mol. The van der Waals surface area contributed by atoms with Crippen molar-refractivity contribution < 1.29 is 14.7 Å². The van der Waals surface area contributed by atoms with E-state index in [0.29, 0.717) is 6.42 Å². The summed E-state index contributed by atoms with van der Waals surface area (Å²) in [6, 6.07) is 4.86. The summed E-state index contributed by atoms with van der Waals surface area (Å²) in [4.78, 5) is 26.5. The van der Waals surface area contributed by atoms with Crippen LogP contribution >= 0.6 is 15.9 Å². The molecule has 0 saturated heterocycles. The Bertz CT molecular complexity index is 696. The number of H-pyrrole nitrogens is 1. The van der Waals surface area contributed by atoms with Gasteiger partial charge < -0.3 is 15.4 Å². The van der Waals surface area contributed by atoms with E-state index < -0.39 is 12.0 Å². The highest BCUT2D eigenvalue weighted by molar-refractivity contribution is 9.10. The molecule has 1 heterocycles. The summed E-state index contributed by atoms with van der Waals surface area (Å²) in [6.45, 7) is 3.69. The van der Waals surface area contributed by atoms with Gasteiger partial charge in [0.1, 0.15) is 6.04 Å². The minimum atomic E-state index is -1.03. The summed E-state index contributed by atoms with van der Waals surface area (Å²) in [5, 5.41) is 12.9. The van der Waals surface area contributed by atoms with E-state index in [9.17, 15) is 14.7 Å². The number of amides is 1. The first kappa shape index (κ1) is 16.5. The first-order valence-electron chi connectivity index (χ1n) is 7.21. The van der Waals surface area contributed by atoms with Crippen LogP contribution in [0.15, 0.2) is 28.9 Å². The topological polar surface area (TPSA) is 82.2 Å². The molecule has 2 atom stereocenters. The third-order valence-corrected chi connectivity index (χ3v) is 4.32. The van der Waals surface area contributed by atoms with Crippen LogP contribution in [0.5, 0.6) is 0 Å². The summed E-state index contributed by atoms with van der Waals surface area (Å²) in [7, 11) is 0. The molecule has 2 rings (SSSR count). The predicted molar refractivity (Wildman–Crippen MR) is 88.7 cm³/mol. The van der Waals surface area contributed by atoms with Gasteiger partial charge in [0.15, 0.2) is 0 Å². The Labute approximate surface area is 137 Å². The average Bonchev–Trinajstić information content (AvgIpc) is 2.87. The van der Waals surface area contributed by atoms with Crippen LogP contribution in [0.4, 0.5) is 0 Å². The molecule has 1 aromatic heterocycles. The molecule has 1 aromatic carbocycles. The molecule has 0 radical (unpaired) electrons. The number of halogens is 1. The Morgan fingerprint density at radius 3 is 2.77 bits per heavy atom. The third-order valence-electron chi connectivity index (χ3n) is 3.83. The molecular weight excluding hydrogens is 348 g/mol. The third kappa shape index (κ3) is 3.68. The fourth-order valence-corrected chi connectivity index (χ4v) is 2.60. The Kier molecular flexibility index (Phi) is 5.24. The van der Waals surface area contributed by atoms with Crippen LogP contribution in [-0.2, 0) is 16.0 Å². The highest BCUT2D eigenvalue weighted by atomic mass is 79.9. The van der Waals surface area contributed by atoms with E-state index in [4.69, 9.17) is 0 Å². The van der Waals surface area contributed by atoms with Crippen molar-refractivity contribution in [2.45, 2.75) is 32.7 Å². The maximum absolute atomic E-state index is 11.9. The van der Waals surface area contributed by atoms with E-state index in [2.05, 4.69) is 26.2 Å². The summed E-state index contributed by atoms with van der Waals surface area (Å²) < 4.78 is 0.927. The van der Waals surface area contributed by atoms with Gasteiger partial charge in [0.05, 0.1) is 0 Å². The van der Waals surface area contributed by atoms with E-state index in [1.54, 1.807) is 13.1 Å². The second-order valence-corrected chi connectivity index (χ2v) is 6.33. The Hall–Kier alpha value is -1.82. The van der Waals surface area contributed by atoms with Gasteiger partial charge in [0.2, 0.25) is 5.91 Å². The Morgan fingerprint density at radius 2 is 2.14 bits per heavy atom. The SMILES string of the molecule is CCC(C)C(=O)NC(Cc1c[nH]c2ccc(Br)cc12)C(=O)O. The van der Waals surface area contributed by atoms with Crippen LogP contribution in [0.25, 0.3) is 10.9 Å². The van der Waals surface area contributed by atoms with Gasteiger partial charge in [-0.1, -0.05) is 29.8 Å². The summed E-state index contributed by atoms with van der Waals surface area (Å²) in [5.74, 6) is -1.45. The number of hydrogen-bond donors (Lipinski definition) is 3. The van der Waals surface area contributed by atoms with Crippen LogP contribution in [0, 0.1) is 5.92 Å². The minimum Gasteiger partial charge on any atom is -0.480 e. The van der Waals surface area contributed by atoms with Crippen LogP contribution < -0.4 is 5.32 Å². The number of aliphatic carboxylic acids is 1. The van der Waals surface area contributed by atoms with Gasteiger partial charge in [0.25, 0.3) is 0 Å². The van der Waals surface area contributed by atoms with Gasteiger partial charge in [-0.05, 0) is 30.2 Å². The fraction of sp³-hybridized carbons (Fsp3) is 0.375. The number of nitrogens with one attached hydrogen (secondary N) is 2. The van der Waals surface area contributed by atoms with E-state index in [-0.39, 0.29) is 18.2 Å². The zero-order chi connectivity index (χ0) is 16.3. The highest BCUT2D eigenvalue weighted by Gasteiger charge is 2.23. The van der Waals surface area contributed by atoms with Crippen molar-refractivity contribution in [1.82, 2.24) is 10.3 Å². The van der Waals surface area contributed by atoms with Gasteiger partial charge in [-0.25, -0.2) is 4.79 Å². The smallest absolute Gasteiger partial charge is 0.326 e. The van der Waals surface area contributed by atoms with Gasteiger partial charge in [0, 0.05) is 33.9 Å². The standard InChI is InChI=1S/C16H19BrN2O3/c1-3-9(2)15(20)19-14(16(21)22)6-10-8-18-13-5-4-11(17)7-12(10)13/h4-5,7-9,14,18H,3,6H2,1-2H3,(H,19,20)(H,21,22). The van der Waals surface area contributed by atoms with Crippen molar-refractivity contribution in [2.24, 2.45) is 5.92 Å². The molecule has 0 aliphatic rings. The van der Waals surface area contributed by atoms with Crippen LogP contribution in [-0.4, -0.2) is 28.0 Å². The molecule has 0 spiro atoms. The largest absolute Gasteiger partial charge is 0.480 e.